The second-order valence-corrected chi connectivity index (χ2v) is 7.06. The maximum atomic E-state index is 11.4. The molecule has 6 nitrogen and oxygen atoms in total. The molecule has 0 bridgehead atoms. The van der Waals surface area contributed by atoms with Crippen LogP contribution in [0.15, 0.2) is 24.5 Å². The minimum Gasteiger partial charge on any atom is -0.477 e. The molecule has 0 aliphatic heterocycles. The lowest BCUT2D eigenvalue weighted by atomic mass is 10.1. The quantitative estimate of drug-likeness (QED) is 0.660. The molecular formula is C19H22N4O2S. The molecule has 136 valence electrons. The van der Waals surface area contributed by atoms with Gasteiger partial charge in [0.25, 0.3) is 0 Å². The molecule has 0 aliphatic carbocycles. The van der Waals surface area contributed by atoms with Gasteiger partial charge < -0.3 is 15.3 Å². The molecule has 0 atom stereocenters. The average Bonchev–Trinajstić information content (AvgIpc) is 2.96. The van der Waals surface area contributed by atoms with Crippen LogP contribution in [0.1, 0.15) is 34.6 Å². The first-order valence-electron chi connectivity index (χ1n) is 8.56. The maximum absolute atomic E-state index is 11.4. The number of fused-ring (bicyclic) bond motifs is 1. The summed E-state index contributed by atoms with van der Waals surface area (Å²) in [6, 6.07) is 6.28. The van der Waals surface area contributed by atoms with Crippen molar-refractivity contribution in [1.82, 2.24) is 9.97 Å². The Morgan fingerprint density at radius 3 is 2.58 bits per heavy atom. The number of thiophene rings is 1. The van der Waals surface area contributed by atoms with Crippen LogP contribution >= 0.6 is 11.3 Å². The van der Waals surface area contributed by atoms with Crippen LogP contribution < -0.4 is 10.2 Å². The Kier molecular flexibility index (Phi) is 5.08. The molecule has 0 spiro atoms. The summed E-state index contributed by atoms with van der Waals surface area (Å²) >= 11 is 1.18. The third-order valence-corrected chi connectivity index (χ3v) is 5.70. The lowest BCUT2D eigenvalue weighted by Gasteiger charge is -2.22. The Bertz CT molecular complexity index is 964. The summed E-state index contributed by atoms with van der Waals surface area (Å²) in [4.78, 5) is 23.3. The molecule has 7 heteroatoms. The van der Waals surface area contributed by atoms with Gasteiger partial charge in [-0.1, -0.05) is 0 Å². The van der Waals surface area contributed by atoms with Gasteiger partial charge in [0.15, 0.2) is 0 Å². The zero-order valence-electron chi connectivity index (χ0n) is 15.3. The topological polar surface area (TPSA) is 78.3 Å². The third kappa shape index (κ3) is 3.22. The molecule has 0 saturated carbocycles. The van der Waals surface area contributed by atoms with Crippen LogP contribution in [0.4, 0.5) is 17.2 Å². The van der Waals surface area contributed by atoms with Crippen LogP contribution in [-0.4, -0.2) is 34.1 Å². The van der Waals surface area contributed by atoms with Gasteiger partial charge >= 0.3 is 5.97 Å². The van der Waals surface area contributed by atoms with E-state index in [1.165, 1.54) is 23.4 Å². The van der Waals surface area contributed by atoms with Gasteiger partial charge in [-0.05, 0) is 57.0 Å². The number of rotatable bonds is 6. The van der Waals surface area contributed by atoms with E-state index in [0.717, 1.165) is 29.7 Å². The van der Waals surface area contributed by atoms with Gasteiger partial charge in [0.2, 0.25) is 0 Å². The van der Waals surface area contributed by atoms with Crippen LogP contribution in [0.3, 0.4) is 0 Å². The molecule has 3 rings (SSSR count). The van der Waals surface area contributed by atoms with Crippen LogP contribution in [-0.2, 0) is 0 Å². The van der Waals surface area contributed by atoms with Gasteiger partial charge in [-0.2, -0.15) is 0 Å². The Hall–Kier alpha value is -2.67. The zero-order chi connectivity index (χ0) is 18.8. The van der Waals surface area contributed by atoms with E-state index in [4.69, 9.17) is 0 Å². The fraction of sp³-hybridized carbons (Fsp3) is 0.316. The predicted molar refractivity (Wildman–Crippen MR) is 107 cm³/mol. The highest BCUT2D eigenvalue weighted by Crippen LogP contribution is 2.35. The standard InChI is InChI=1S/C19H22N4O2S/c1-5-23(6-2)13-7-8-14(11(3)9-13)22-17-15-12(4)16(19(24)25)26-18(15)21-10-20-17/h7-10H,5-6H2,1-4H3,(H,24,25)(H,20,21,22). The van der Waals surface area contributed by atoms with Crippen molar-refractivity contribution in [2.45, 2.75) is 27.7 Å². The van der Waals surface area contributed by atoms with Crippen molar-refractivity contribution >= 4 is 44.7 Å². The maximum Gasteiger partial charge on any atom is 0.346 e. The Labute approximate surface area is 156 Å². The van der Waals surface area contributed by atoms with E-state index >= 15 is 0 Å². The highest BCUT2D eigenvalue weighted by molar-refractivity contribution is 7.20. The molecular weight excluding hydrogens is 348 g/mol. The summed E-state index contributed by atoms with van der Waals surface area (Å²) in [6.45, 7) is 10.1. The fourth-order valence-electron chi connectivity index (χ4n) is 3.07. The predicted octanol–water partition coefficient (Wildman–Crippen LogP) is 4.60. The van der Waals surface area contributed by atoms with Crippen molar-refractivity contribution in [3.05, 3.63) is 40.5 Å². The number of hydrogen-bond donors (Lipinski definition) is 2. The molecule has 0 amide bonds. The smallest absolute Gasteiger partial charge is 0.346 e. The highest BCUT2D eigenvalue weighted by atomic mass is 32.1. The number of hydrogen-bond acceptors (Lipinski definition) is 6. The fourth-order valence-corrected chi connectivity index (χ4v) is 4.06. The molecule has 0 radical (unpaired) electrons. The number of carbonyl (C=O) groups is 1. The van der Waals surface area contributed by atoms with Crippen molar-refractivity contribution in [3.8, 4) is 0 Å². The summed E-state index contributed by atoms with van der Waals surface area (Å²) in [6.07, 6.45) is 1.46. The normalized spacial score (nSPS) is 10.9. The SMILES string of the molecule is CCN(CC)c1ccc(Nc2ncnc3sc(C(=O)O)c(C)c23)c(C)c1. The summed E-state index contributed by atoms with van der Waals surface area (Å²) in [5, 5.41) is 13.5. The Morgan fingerprint density at radius 1 is 1.23 bits per heavy atom. The van der Waals surface area contributed by atoms with E-state index in [1.54, 1.807) is 6.92 Å². The summed E-state index contributed by atoms with van der Waals surface area (Å²) in [5.41, 5.74) is 3.93. The minimum atomic E-state index is -0.934. The van der Waals surface area contributed by atoms with Crippen molar-refractivity contribution in [2.75, 3.05) is 23.3 Å². The lowest BCUT2D eigenvalue weighted by Crippen LogP contribution is -2.21. The number of anilines is 3. The van der Waals surface area contributed by atoms with Crippen LogP contribution in [0.5, 0.6) is 0 Å². The van der Waals surface area contributed by atoms with Crippen molar-refractivity contribution in [3.63, 3.8) is 0 Å². The molecule has 2 N–H and O–H groups in total. The van der Waals surface area contributed by atoms with E-state index < -0.39 is 5.97 Å². The number of carboxylic acids is 1. The van der Waals surface area contributed by atoms with Gasteiger partial charge in [-0.15, -0.1) is 11.3 Å². The molecule has 26 heavy (non-hydrogen) atoms. The third-order valence-electron chi connectivity index (χ3n) is 4.51. The van der Waals surface area contributed by atoms with Crippen LogP contribution in [0.2, 0.25) is 0 Å². The van der Waals surface area contributed by atoms with Crippen molar-refractivity contribution in [1.29, 1.82) is 0 Å². The van der Waals surface area contributed by atoms with E-state index in [1.807, 2.05) is 6.07 Å². The molecule has 2 heterocycles. The number of aromatic carboxylic acids is 1. The second kappa shape index (κ2) is 7.29. The molecule has 0 aliphatic rings. The van der Waals surface area contributed by atoms with E-state index in [-0.39, 0.29) is 0 Å². The number of benzene rings is 1. The summed E-state index contributed by atoms with van der Waals surface area (Å²) < 4.78 is 0. The number of aromatic nitrogens is 2. The van der Waals surface area contributed by atoms with Crippen molar-refractivity contribution in [2.24, 2.45) is 0 Å². The molecule has 0 unspecified atom stereocenters. The Morgan fingerprint density at radius 2 is 1.96 bits per heavy atom. The van der Waals surface area contributed by atoms with E-state index in [0.29, 0.717) is 21.1 Å². The van der Waals surface area contributed by atoms with E-state index in [9.17, 15) is 9.90 Å². The van der Waals surface area contributed by atoms with Crippen LogP contribution in [0.25, 0.3) is 10.2 Å². The zero-order valence-corrected chi connectivity index (χ0v) is 16.1. The Balaban J connectivity index is 2.00. The summed E-state index contributed by atoms with van der Waals surface area (Å²) in [7, 11) is 0. The second-order valence-electron chi connectivity index (χ2n) is 6.06. The molecule has 0 saturated heterocycles. The van der Waals surface area contributed by atoms with Gasteiger partial charge in [-0.3, -0.25) is 0 Å². The van der Waals surface area contributed by atoms with Gasteiger partial charge in [0.05, 0.1) is 5.39 Å². The van der Waals surface area contributed by atoms with Gasteiger partial charge in [0.1, 0.15) is 21.9 Å². The first-order chi connectivity index (χ1) is 12.5. The van der Waals surface area contributed by atoms with Crippen LogP contribution in [0, 0.1) is 13.8 Å². The first kappa shape index (κ1) is 18.1. The number of carboxylic acid groups (broad SMARTS) is 1. The largest absolute Gasteiger partial charge is 0.477 e. The summed E-state index contributed by atoms with van der Waals surface area (Å²) in [5.74, 6) is -0.300. The molecule has 2 aromatic heterocycles. The minimum absolute atomic E-state index is 0.303. The van der Waals surface area contributed by atoms with Crippen molar-refractivity contribution < 1.29 is 9.90 Å². The number of aryl methyl sites for hydroxylation is 2. The number of nitrogens with zero attached hydrogens (tertiary/aromatic N) is 3. The van der Waals surface area contributed by atoms with Gasteiger partial charge in [-0.25, -0.2) is 14.8 Å². The number of nitrogens with one attached hydrogen (secondary N) is 1. The molecule has 3 aromatic rings. The average molecular weight is 370 g/mol. The lowest BCUT2D eigenvalue weighted by molar-refractivity contribution is 0.0701. The molecule has 0 fully saturated rings. The highest BCUT2D eigenvalue weighted by Gasteiger charge is 2.19. The first-order valence-corrected chi connectivity index (χ1v) is 9.37. The monoisotopic (exact) mass is 370 g/mol. The van der Waals surface area contributed by atoms with E-state index in [2.05, 4.69) is 53.1 Å². The van der Waals surface area contributed by atoms with Gasteiger partial charge in [0, 0.05) is 24.5 Å². The molecule has 1 aromatic carbocycles.